The fraction of sp³-hybridized carbons (Fsp3) is 0.500. The summed E-state index contributed by atoms with van der Waals surface area (Å²) in [5, 5.41) is 0.162. The molecule has 10 heavy (non-hydrogen) atoms. The van der Waals surface area contributed by atoms with Crippen LogP contribution < -0.4 is 0 Å². The highest BCUT2D eigenvalue weighted by Crippen LogP contribution is 2.27. The molecule has 0 aromatic heterocycles. The van der Waals surface area contributed by atoms with E-state index in [1.165, 1.54) is 0 Å². The summed E-state index contributed by atoms with van der Waals surface area (Å²) < 4.78 is 29.5. The van der Waals surface area contributed by atoms with Gasteiger partial charge in [-0.25, -0.2) is 0 Å². The van der Waals surface area contributed by atoms with Gasteiger partial charge in [-0.1, -0.05) is 0 Å². The summed E-state index contributed by atoms with van der Waals surface area (Å²) in [6.07, 6.45) is 5.35. The average molecular weight is 161 g/mol. The van der Waals surface area contributed by atoms with E-state index in [-0.39, 0.29) is 5.25 Å². The van der Waals surface area contributed by atoms with E-state index in [9.17, 15) is 8.42 Å². The van der Waals surface area contributed by atoms with Crippen LogP contribution in [-0.2, 0) is 10.1 Å². The second kappa shape index (κ2) is 2.88. The van der Waals surface area contributed by atoms with E-state index in [2.05, 4.69) is 0 Å². The molecule has 1 N–H and O–H groups in total. The number of hydrogen-bond donors (Lipinski definition) is 1. The predicted molar refractivity (Wildman–Crippen MR) is 37.2 cm³/mol. The van der Waals surface area contributed by atoms with Gasteiger partial charge in [-0.05, 0) is 32.1 Å². The minimum atomic E-state index is -3.88. The smallest absolute Gasteiger partial charge is 0.272 e. The minimum absolute atomic E-state index is 0.162. The fourth-order valence-corrected chi connectivity index (χ4v) is 1.60. The molecule has 0 spiro atoms. The van der Waals surface area contributed by atoms with Crippen molar-refractivity contribution in [1.82, 2.24) is 0 Å². The molecule has 0 unspecified atom stereocenters. The summed E-state index contributed by atoms with van der Waals surface area (Å²) in [5.41, 5.74) is 0. The van der Waals surface area contributed by atoms with Gasteiger partial charge < -0.3 is 0 Å². The average Bonchev–Trinajstić information content (AvgIpc) is 1.88. The first-order valence-corrected chi connectivity index (χ1v) is 4.53. The van der Waals surface area contributed by atoms with E-state index in [4.69, 9.17) is 4.55 Å². The maximum Gasteiger partial charge on any atom is 0.272 e. The molecule has 1 saturated carbocycles. The molecule has 3 nitrogen and oxygen atoms in total. The molecule has 0 bridgehead atoms. The van der Waals surface area contributed by atoms with Crippen LogP contribution in [0.4, 0.5) is 0 Å². The second-order valence-corrected chi connectivity index (χ2v) is 3.68. The van der Waals surface area contributed by atoms with Gasteiger partial charge in [0.1, 0.15) is 5.25 Å². The lowest BCUT2D eigenvalue weighted by Gasteiger charge is -2.16. The highest BCUT2D eigenvalue weighted by molar-refractivity contribution is 7.88. The third-order valence-corrected chi connectivity index (χ3v) is 2.47. The maximum absolute atomic E-state index is 10.5. The lowest BCUT2D eigenvalue weighted by molar-refractivity contribution is 0.479. The molecule has 0 amide bonds. The SMILES string of the molecule is O=S(=O)(O)[C]1[CH]C[CH]CC1. The molecule has 1 aliphatic carbocycles. The Morgan fingerprint density at radius 2 is 2.20 bits per heavy atom. The predicted octanol–water partition coefficient (Wildman–Crippen LogP) is 0.999. The molecule has 0 atom stereocenters. The Morgan fingerprint density at radius 1 is 1.50 bits per heavy atom. The van der Waals surface area contributed by atoms with E-state index < -0.39 is 10.1 Å². The standard InChI is InChI=1S/C6H9O3S/c7-10(8,9)6-4-2-1-3-5-6/h1,4H,2-3,5H2,(H,7,8,9). The summed E-state index contributed by atoms with van der Waals surface area (Å²) in [6, 6.07) is 0. The minimum Gasteiger partial charge on any atom is -0.285 e. The number of rotatable bonds is 1. The summed E-state index contributed by atoms with van der Waals surface area (Å²) in [6.45, 7) is 0. The van der Waals surface area contributed by atoms with Gasteiger partial charge in [-0.3, -0.25) is 4.55 Å². The van der Waals surface area contributed by atoms with Crippen molar-refractivity contribution in [2.75, 3.05) is 0 Å². The zero-order valence-corrected chi connectivity index (χ0v) is 6.26. The van der Waals surface area contributed by atoms with E-state index >= 15 is 0 Å². The molecule has 1 rings (SSSR count). The van der Waals surface area contributed by atoms with Crippen LogP contribution in [0, 0.1) is 18.1 Å². The van der Waals surface area contributed by atoms with Crippen LogP contribution in [0.1, 0.15) is 19.3 Å². The van der Waals surface area contributed by atoms with Gasteiger partial charge >= 0.3 is 0 Å². The topological polar surface area (TPSA) is 54.4 Å². The van der Waals surface area contributed by atoms with Crippen molar-refractivity contribution in [2.45, 2.75) is 19.3 Å². The van der Waals surface area contributed by atoms with Crippen LogP contribution in [0.15, 0.2) is 0 Å². The van der Waals surface area contributed by atoms with Crippen molar-refractivity contribution in [3.8, 4) is 0 Å². The normalized spacial score (nSPS) is 22.9. The molecule has 0 aromatic rings. The molecule has 3 radical (unpaired) electrons. The quantitative estimate of drug-likeness (QED) is 0.584. The van der Waals surface area contributed by atoms with Gasteiger partial charge in [0, 0.05) is 0 Å². The Morgan fingerprint density at radius 3 is 2.50 bits per heavy atom. The lowest BCUT2D eigenvalue weighted by atomic mass is 10.0. The summed E-state index contributed by atoms with van der Waals surface area (Å²) in [7, 11) is -3.88. The Hall–Kier alpha value is -0.0900. The lowest BCUT2D eigenvalue weighted by Crippen LogP contribution is -2.15. The largest absolute Gasteiger partial charge is 0.285 e. The van der Waals surface area contributed by atoms with Crippen LogP contribution >= 0.6 is 0 Å². The van der Waals surface area contributed by atoms with Crippen molar-refractivity contribution in [1.29, 1.82) is 0 Å². The Bertz CT molecular complexity index is 189. The van der Waals surface area contributed by atoms with Gasteiger partial charge in [0.25, 0.3) is 10.1 Å². The van der Waals surface area contributed by atoms with Crippen LogP contribution in [0.25, 0.3) is 0 Å². The van der Waals surface area contributed by atoms with Crippen LogP contribution in [-0.4, -0.2) is 13.0 Å². The molecule has 0 aromatic carbocycles. The molecular weight excluding hydrogens is 152 g/mol. The van der Waals surface area contributed by atoms with Crippen LogP contribution in [0.3, 0.4) is 0 Å². The first-order chi connectivity index (χ1) is 4.61. The zero-order valence-electron chi connectivity index (χ0n) is 5.45. The third kappa shape index (κ3) is 1.95. The molecule has 1 aliphatic rings. The molecule has 4 heteroatoms. The summed E-state index contributed by atoms with van der Waals surface area (Å²) in [4.78, 5) is 0. The van der Waals surface area contributed by atoms with Crippen LogP contribution in [0.2, 0.25) is 0 Å². The monoisotopic (exact) mass is 161 g/mol. The van der Waals surface area contributed by atoms with Gasteiger partial charge in [-0.15, -0.1) is 0 Å². The van der Waals surface area contributed by atoms with Gasteiger partial charge in [0.15, 0.2) is 0 Å². The van der Waals surface area contributed by atoms with Gasteiger partial charge in [0.2, 0.25) is 0 Å². The summed E-state index contributed by atoms with van der Waals surface area (Å²) >= 11 is 0. The Labute approximate surface area is 61.2 Å². The van der Waals surface area contributed by atoms with Crippen molar-refractivity contribution >= 4 is 10.1 Å². The van der Waals surface area contributed by atoms with E-state index in [1.807, 2.05) is 6.42 Å². The van der Waals surface area contributed by atoms with Crippen molar-refractivity contribution in [3.05, 3.63) is 18.1 Å². The highest BCUT2D eigenvalue weighted by atomic mass is 32.2. The van der Waals surface area contributed by atoms with E-state index in [0.717, 1.165) is 6.42 Å². The zero-order chi connectivity index (χ0) is 7.61. The van der Waals surface area contributed by atoms with Gasteiger partial charge in [0.05, 0.1) is 0 Å². The van der Waals surface area contributed by atoms with Crippen molar-refractivity contribution < 1.29 is 13.0 Å². The van der Waals surface area contributed by atoms with Crippen LogP contribution in [0.5, 0.6) is 0 Å². The third-order valence-electron chi connectivity index (χ3n) is 1.44. The molecule has 0 aliphatic heterocycles. The highest BCUT2D eigenvalue weighted by Gasteiger charge is 2.25. The second-order valence-electron chi connectivity index (χ2n) is 2.21. The molecule has 1 fully saturated rings. The van der Waals surface area contributed by atoms with Crippen molar-refractivity contribution in [3.63, 3.8) is 0 Å². The van der Waals surface area contributed by atoms with Gasteiger partial charge in [-0.2, -0.15) is 8.42 Å². The fourth-order valence-electron chi connectivity index (χ4n) is 0.913. The Balaban J connectivity index is 2.56. The van der Waals surface area contributed by atoms with E-state index in [0.29, 0.717) is 12.8 Å². The molecule has 0 saturated heterocycles. The molecular formula is C6H9O3S. The summed E-state index contributed by atoms with van der Waals surface area (Å²) in [5.74, 6) is 0. The van der Waals surface area contributed by atoms with Crippen molar-refractivity contribution in [2.24, 2.45) is 0 Å². The Kier molecular flexibility index (Phi) is 2.31. The van der Waals surface area contributed by atoms with E-state index in [1.54, 1.807) is 6.42 Å². The molecule has 0 heterocycles. The maximum atomic E-state index is 10.5. The first-order valence-electron chi connectivity index (χ1n) is 3.09. The molecule has 57 valence electrons. The number of hydrogen-bond acceptors (Lipinski definition) is 2. The first kappa shape index (κ1) is 8.01.